The molecule has 0 saturated heterocycles. The van der Waals surface area contributed by atoms with Crippen LogP contribution in [0.1, 0.15) is 29.5 Å². The lowest BCUT2D eigenvalue weighted by atomic mass is 9.97. The molecule has 0 aliphatic rings. The van der Waals surface area contributed by atoms with E-state index in [-0.39, 0.29) is 0 Å². The number of rotatable bonds is 5. The zero-order valence-corrected chi connectivity index (χ0v) is 13.4. The van der Waals surface area contributed by atoms with Crippen molar-refractivity contribution in [2.24, 2.45) is 5.73 Å². The van der Waals surface area contributed by atoms with Gasteiger partial charge >= 0.3 is 0 Å². The second-order valence-corrected chi connectivity index (χ2v) is 6.09. The average molecular weight is 292 g/mol. The zero-order chi connectivity index (χ0) is 15.5. The van der Waals surface area contributed by atoms with Crippen LogP contribution in [0.4, 0.5) is 0 Å². The molecule has 0 aliphatic heterocycles. The summed E-state index contributed by atoms with van der Waals surface area (Å²) in [5.41, 5.74) is 13.5. The lowest BCUT2D eigenvalue weighted by Crippen LogP contribution is -1.99. The molecule has 0 fully saturated rings. The van der Waals surface area contributed by atoms with E-state index in [0.717, 1.165) is 25.8 Å². The molecule has 22 heavy (non-hydrogen) atoms. The predicted molar refractivity (Wildman–Crippen MR) is 95.2 cm³/mol. The molecule has 0 aliphatic carbocycles. The van der Waals surface area contributed by atoms with Gasteiger partial charge in [-0.3, -0.25) is 0 Å². The number of hydrogen-bond donors (Lipinski definition) is 2. The fraction of sp³-hybridized carbons (Fsp3) is 0.300. The van der Waals surface area contributed by atoms with Gasteiger partial charge in [-0.25, -0.2) is 0 Å². The number of fused-ring (bicyclic) bond motifs is 1. The third-order valence-electron chi connectivity index (χ3n) is 4.29. The Hall–Kier alpha value is -2.06. The fourth-order valence-electron chi connectivity index (χ4n) is 3.35. The second kappa shape index (κ2) is 6.37. The van der Waals surface area contributed by atoms with Crippen LogP contribution in [0.15, 0.2) is 42.5 Å². The van der Waals surface area contributed by atoms with Crippen LogP contribution < -0.4 is 5.73 Å². The molecule has 0 amide bonds. The summed E-state index contributed by atoms with van der Waals surface area (Å²) >= 11 is 0. The van der Waals surface area contributed by atoms with Gasteiger partial charge in [-0.2, -0.15) is 0 Å². The Balaban J connectivity index is 2.17. The Kier molecular flexibility index (Phi) is 4.30. The second-order valence-electron chi connectivity index (χ2n) is 6.09. The van der Waals surface area contributed by atoms with Crippen molar-refractivity contribution in [1.82, 2.24) is 4.98 Å². The van der Waals surface area contributed by atoms with E-state index in [0.29, 0.717) is 0 Å². The van der Waals surface area contributed by atoms with Crippen LogP contribution in [0.2, 0.25) is 0 Å². The molecule has 2 heteroatoms. The third-order valence-corrected chi connectivity index (χ3v) is 4.29. The van der Waals surface area contributed by atoms with Crippen molar-refractivity contribution < 1.29 is 0 Å². The van der Waals surface area contributed by atoms with Crippen molar-refractivity contribution in [3.63, 3.8) is 0 Å². The molecule has 2 nitrogen and oxygen atoms in total. The van der Waals surface area contributed by atoms with Crippen LogP contribution in [0.3, 0.4) is 0 Å². The van der Waals surface area contributed by atoms with Gasteiger partial charge < -0.3 is 10.7 Å². The maximum Gasteiger partial charge on any atom is 0.0497 e. The van der Waals surface area contributed by atoms with Gasteiger partial charge in [0.1, 0.15) is 0 Å². The smallest absolute Gasteiger partial charge is 0.0497 e. The van der Waals surface area contributed by atoms with Gasteiger partial charge in [-0.15, -0.1) is 0 Å². The van der Waals surface area contributed by atoms with Crippen LogP contribution in [0.5, 0.6) is 0 Å². The highest BCUT2D eigenvalue weighted by molar-refractivity contribution is 5.93. The summed E-state index contributed by atoms with van der Waals surface area (Å²) < 4.78 is 0. The highest BCUT2D eigenvalue weighted by Gasteiger charge is 2.14. The average Bonchev–Trinajstić information content (AvgIpc) is 2.87. The molecule has 1 aromatic heterocycles. The van der Waals surface area contributed by atoms with Crippen LogP contribution in [0, 0.1) is 13.8 Å². The molecule has 0 saturated carbocycles. The Morgan fingerprint density at radius 3 is 2.50 bits per heavy atom. The zero-order valence-electron chi connectivity index (χ0n) is 13.4. The first-order valence-corrected chi connectivity index (χ1v) is 8.08. The Morgan fingerprint density at radius 2 is 1.77 bits per heavy atom. The van der Waals surface area contributed by atoms with Crippen molar-refractivity contribution in [3.8, 4) is 11.3 Å². The molecular weight excluding hydrogens is 268 g/mol. The molecule has 114 valence electrons. The van der Waals surface area contributed by atoms with Gasteiger partial charge in [0.25, 0.3) is 0 Å². The number of benzene rings is 2. The summed E-state index contributed by atoms with van der Waals surface area (Å²) in [6.45, 7) is 5.13. The Bertz CT molecular complexity index is 769. The molecule has 0 spiro atoms. The van der Waals surface area contributed by atoms with Crippen LogP contribution in [-0.2, 0) is 6.42 Å². The summed E-state index contributed by atoms with van der Waals surface area (Å²) in [5, 5.41) is 1.39. The summed E-state index contributed by atoms with van der Waals surface area (Å²) in [7, 11) is 0. The van der Waals surface area contributed by atoms with Crippen molar-refractivity contribution in [1.29, 1.82) is 0 Å². The fourth-order valence-corrected chi connectivity index (χ4v) is 3.35. The first-order chi connectivity index (χ1) is 10.7. The molecule has 0 radical (unpaired) electrons. The van der Waals surface area contributed by atoms with Gasteiger partial charge in [0.15, 0.2) is 0 Å². The SMILES string of the molecule is Cc1cc(C)c2c(CCCCN)c(-c3ccccc3)[nH]c2c1. The van der Waals surface area contributed by atoms with Gasteiger partial charge in [-0.05, 0) is 68.0 Å². The summed E-state index contributed by atoms with van der Waals surface area (Å²) in [4.78, 5) is 3.66. The van der Waals surface area contributed by atoms with Gasteiger partial charge in [0.2, 0.25) is 0 Å². The predicted octanol–water partition coefficient (Wildman–Crippen LogP) is 4.73. The molecule has 3 rings (SSSR count). The number of nitrogens with one attached hydrogen (secondary N) is 1. The third kappa shape index (κ3) is 2.79. The van der Waals surface area contributed by atoms with Gasteiger partial charge in [-0.1, -0.05) is 36.4 Å². The molecule has 0 unspecified atom stereocenters. The van der Waals surface area contributed by atoms with Crippen LogP contribution in [0.25, 0.3) is 22.2 Å². The number of nitrogens with two attached hydrogens (primary N) is 1. The Morgan fingerprint density at radius 1 is 1.00 bits per heavy atom. The molecule has 3 aromatic rings. The topological polar surface area (TPSA) is 41.8 Å². The van der Waals surface area contributed by atoms with E-state index in [4.69, 9.17) is 5.73 Å². The van der Waals surface area contributed by atoms with E-state index >= 15 is 0 Å². The summed E-state index contributed by atoms with van der Waals surface area (Å²) in [5.74, 6) is 0. The highest BCUT2D eigenvalue weighted by Crippen LogP contribution is 2.34. The van der Waals surface area contributed by atoms with E-state index in [1.54, 1.807) is 0 Å². The maximum absolute atomic E-state index is 5.67. The number of H-pyrrole nitrogens is 1. The van der Waals surface area contributed by atoms with E-state index < -0.39 is 0 Å². The summed E-state index contributed by atoms with van der Waals surface area (Å²) in [6, 6.07) is 15.2. The standard InChI is InChI=1S/C20H24N2/c1-14-12-15(2)19-17(10-6-7-11-21)20(22-18(19)13-14)16-8-4-3-5-9-16/h3-5,8-9,12-13,22H,6-7,10-11,21H2,1-2H3. The van der Waals surface area contributed by atoms with E-state index in [9.17, 15) is 0 Å². The molecule has 1 heterocycles. The molecular formula is C20H24N2. The van der Waals surface area contributed by atoms with E-state index in [1.807, 2.05) is 0 Å². The number of aromatic amines is 1. The maximum atomic E-state index is 5.67. The minimum absolute atomic E-state index is 0.765. The monoisotopic (exact) mass is 292 g/mol. The quantitative estimate of drug-likeness (QED) is 0.656. The Labute approximate surface area is 132 Å². The molecule has 3 N–H and O–H groups in total. The van der Waals surface area contributed by atoms with E-state index in [2.05, 4.69) is 61.3 Å². The lowest BCUT2D eigenvalue weighted by molar-refractivity contribution is 0.748. The first-order valence-electron chi connectivity index (χ1n) is 8.08. The number of unbranched alkanes of at least 4 members (excludes halogenated alkanes) is 1. The van der Waals surface area contributed by atoms with Crippen molar-refractivity contribution in [2.45, 2.75) is 33.1 Å². The minimum atomic E-state index is 0.765. The lowest BCUT2D eigenvalue weighted by Gasteiger charge is -2.07. The minimum Gasteiger partial charge on any atom is -0.354 e. The largest absolute Gasteiger partial charge is 0.354 e. The normalized spacial score (nSPS) is 11.2. The van der Waals surface area contributed by atoms with E-state index in [1.165, 1.54) is 38.9 Å². The summed E-state index contributed by atoms with van der Waals surface area (Å²) in [6.07, 6.45) is 3.29. The number of aryl methyl sites for hydroxylation is 3. The van der Waals surface area contributed by atoms with Gasteiger partial charge in [0, 0.05) is 16.6 Å². The van der Waals surface area contributed by atoms with Crippen LogP contribution >= 0.6 is 0 Å². The van der Waals surface area contributed by atoms with Gasteiger partial charge in [0.05, 0.1) is 0 Å². The number of aromatic nitrogens is 1. The highest BCUT2D eigenvalue weighted by atomic mass is 14.7. The molecule has 2 aromatic carbocycles. The molecule has 0 atom stereocenters. The number of hydrogen-bond acceptors (Lipinski definition) is 1. The molecule has 0 bridgehead atoms. The van der Waals surface area contributed by atoms with Crippen LogP contribution in [-0.4, -0.2) is 11.5 Å². The van der Waals surface area contributed by atoms with Crippen molar-refractivity contribution >= 4 is 10.9 Å². The first kappa shape index (κ1) is 14.9. The van der Waals surface area contributed by atoms with Crippen molar-refractivity contribution in [3.05, 3.63) is 59.2 Å². The van der Waals surface area contributed by atoms with Crippen molar-refractivity contribution in [2.75, 3.05) is 6.54 Å².